The van der Waals surface area contributed by atoms with Crippen molar-refractivity contribution >= 4 is 38.6 Å². The summed E-state index contributed by atoms with van der Waals surface area (Å²) in [6, 6.07) is 13.6. The van der Waals surface area contributed by atoms with Crippen molar-refractivity contribution in [2.75, 3.05) is 6.26 Å². The van der Waals surface area contributed by atoms with Gasteiger partial charge >= 0.3 is 51.4 Å². The van der Waals surface area contributed by atoms with Crippen molar-refractivity contribution in [3.05, 3.63) is 71.1 Å². The van der Waals surface area contributed by atoms with Crippen LogP contribution in [0.3, 0.4) is 0 Å². The Bertz CT molecular complexity index is 1330. The van der Waals surface area contributed by atoms with E-state index in [9.17, 15) is 27.5 Å². The van der Waals surface area contributed by atoms with Crippen molar-refractivity contribution in [2.45, 2.75) is 4.90 Å². The Balaban J connectivity index is 0.00000181. The van der Waals surface area contributed by atoms with E-state index in [1.165, 1.54) is 24.3 Å². The molecule has 2 amide bonds. The number of nitrogens with one attached hydrogen (secondary N) is 1. The van der Waals surface area contributed by atoms with Crippen LogP contribution in [0.25, 0.3) is 27.1 Å². The molecule has 0 saturated carbocycles. The van der Waals surface area contributed by atoms with Gasteiger partial charge in [0.15, 0.2) is 15.6 Å². The molecule has 1 aliphatic heterocycles. The molecule has 0 spiro atoms. The van der Waals surface area contributed by atoms with E-state index in [1.54, 1.807) is 30.3 Å². The number of halogens is 1. The largest absolute Gasteiger partial charge is 1.00 e. The fourth-order valence-corrected chi connectivity index (χ4v) is 4.96. The zero-order chi connectivity index (χ0) is 21.6. The monoisotopic (exact) mass is 483 g/mol. The van der Waals surface area contributed by atoms with Crippen LogP contribution in [0, 0.1) is 5.82 Å². The van der Waals surface area contributed by atoms with E-state index in [4.69, 9.17) is 0 Å². The first kappa shape index (κ1) is 24.0. The van der Waals surface area contributed by atoms with Crippen LogP contribution in [0.4, 0.5) is 4.39 Å². The van der Waals surface area contributed by atoms with Crippen LogP contribution in [-0.2, 0) is 19.4 Å². The number of carbonyl (C=O) groups is 2. The zero-order valence-corrected chi connectivity index (χ0v) is 21.2. The second-order valence-electron chi connectivity index (χ2n) is 6.66. The molecule has 6 nitrogen and oxygen atoms in total. The molecule has 0 saturated heterocycles. The Morgan fingerprint density at radius 2 is 1.55 bits per heavy atom. The molecule has 3 aromatic rings. The summed E-state index contributed by atoms with van der Waals surface area (Å²) >= 11 is 1.16. The van der Waals surface area contributed by atoms with Crippen LogP contribution in [0.1, 0.15) is 6.30 Å². The maximum absolute atomic E-state index is 13.4. The minimum atomic E-state index is -3.37. The molecule has 2 N–H and O–H groups in total. The van der Waals surface area contributed by atoms with Gasteiger partial charge in [0.25, 0.3) is 11.8 Å². The van der Waals surface area contributed by atoms with Gasteiger partial charge < -0.3 is 6.53 Å². The Labute approximate surface area is 225 Å². The summed E-state index contributed by atoms with van der Waals surface area (Å²) in [6.07, 6.45) is 1.11. The first-order valence-electron chi connectivity index (χ1n) is 8.64. The van der Waals surface area contributed by atoms with Gasteiger partial charge in [-0.1, -0.05) is 24.3 Å². The number of aliphatic hydroxyl groups excluding tert-OH is 1. The molecule has 0 atom stereocenters. The fourth-order valence-electron chi connectivity index (χ4n) is 3.10. The Kier molecular flexibility index (Phi) is 7.01. The molecule has 10 heteroatoms. The van der Waals surface area contributed by atoms with Gasteiger partial charge in [0, 0.05) is 21.6 Å². The van der Waals surface area contributed by atoms with Gasteiger partial charge in [-0.3, -0.25) is 14.9 Å². The number of hydrogen-bond donors (Lipinski definition) is 2. The number of carbonyl (C=O) groups excluding carboxylic acids is 2. The van der Waals surface area contributed by atoms with Crippen LogP contribution in [-0.4, -0.2) is 31.6 Å². The molecule has 2 heterocycles. The van der Waals surface area contributed by atoms with Crippen LogP contribution in [0.15, 0.2) is 65.3 Å². The maximum Gasteiger partial charge on any atom is 1.00 e. The normalized spacial score (nSPS) is 13.9. The molecule has 0 bridgehead atoms. The van der Waals surface area contributed by atoms with Gasteiger partial charge in [0.1, 0.15) is 11.4 Å². The summed E-state index contributed by atoms with van der Waals surface area (Å²) in [5.74, 6) is -2.64. The van der Waals surface area contributed by atoms with Gasteiger partial charge in [-0.15, -0.1) is 11.3 Å². The molecule has 4 rings (SSSR count). The quantitative estimate of drug-likeness (QED) is 0.420. The van der Waals surface area contributed by atoms with Crippen LogP contribution in [0.2, 0.25) is 0 Å². The number of imide groups is 1. The number of benzene rings is 2. The zero-order valence-electron chi connectivity index (χ0n) is 17.5. The Hall–Kier alpha value is -1.66. The summed E-state index contributed by atoms with van der Waals surface area (Å²) in [5, 5.41) is 12.1. The minimum absolute atomic E-state index is 0. The molecular weight excluding hydrogens is 468 g/mol. The number of sulfone groups is 1. The number of amides is 2. The van der Waals surface area contributed by atoms with Crippen molar-refractivity contribution in [1.82, 2.24) is 5.32 Å². The second-order valence-corrected chi connectivity index (χ2v) is 9.73. The van der Waals surface area contributed by atoms with E-state index in [0.29, 0.717) is 26.4 Å². The predicted molar refractivity (Wildman–Crippen MR) is 112 cm³/mol. The van der Waals surface area contributed by atoms with Gasteiger partial charge in [0.05, 0.1) is 4.90 Å². The van der Waals surface area contributed by atoms with Crippen molar-refractivity contribution < 1.29 is 80.3 Å². The van der Waals surface area contributed by atoms with E-state index in [1.807, 2.05) is 5.32 Å². The van der Waals surface area contributed by atoms with E-state index >= 15 is 0 Å². The van der Waals surface area contributed by atoms with Crippen molar-refractivity contribution in [3.8, 4) is 21.6 Å². The molecule has 1 aliphatic rings. The van der Waals surface area contributed by atoms with Gasteiger partial charge in [-0.25, -0.2) is 12.8 Å². The summed E-state index contributed by atoms with van der Waals surface area (Å²) < 4.78 is 36.9. The molecule has 1 aromatic heterocycles. The number of rotatable bonds is 4. The van der Waals surface area contributed by atoms with Crippen LogP contribution < -0.4 is 56.7 Å². The van der Waals surface area contributed by atoms with Gasteiger partial charge in [-0.2, -0.15) is 0 Å². The average Bonchev–Trinajstić information content (AvgIpc) is 3.22. The second kappa shape index (κ2) is 9.06. The van der Waals surface area contributed by atoms with Crippen LogP contribution >= 0.6 is 11.3 Å². The SMILES string of the molecule is CS(=O)(=O)c1ccc(-c2cc(C3=C(O)C(=O)NC3=O)sc2-c2ccc(F)cc2)cc1.[H-].[K+]. The smallest absolute Gasteiger partial charge is 1.00 e. The third-order valence-corrected chi connectivity index (χ3v) is 6.91. The first-order chi connectivity index (χ1) is 14.1. The molecule has 154 valence electrons. The van der Waals surface area contributed by atoms with Crippen LogP contribution in [0.5, 0.6) is 0 Å². The molecule has 2 aromatic carbocycles. The summed E-state index contributed by atoms with van der Waals surface area (Å²) in [5.41, 5.74) is 1.84. The summed E-state index contributed by atoms with van der Waals surface area (Å²) in [4.78, 5) is 25.0. The van der Waals surface area contributed by atoms with Crippen molar-refractivity contribution in [1.29, 1.82) is 0 Å². The third-order valence-electron chi connectivity index (χ3n) is 4.58. The molecule has 31 heavy (non-hydrogen) atoms. The Morgan fingerprint density at radius 3 is 2.06 bits per heavy atom. The Morgan fingerprint density at radius 1 is 0.968 bits per heavy atom. The predicted octanol–water partition coefficient (Wildman–Crippen LogP) is 0.667. The fraction of sp³-hybridized carbons (Fsp3) is 0.0476. The van der Waals surface area contributed by atoms with E-state index in [-0.39, 0.29) is 63.3 Å². The molecule has 0 unspecified atom stereocenters. The molecule has 0 aliphatic carbocycles. The molecule has 0 radical (unpaired) electrons. The number of aliphatic hydroxyl groups is 1. The van der Waals surface area contributed by atoms with E-state index in [0.717, 1.165) is 17.6 Å². The topological polar surface area (TPSA) is 101 Å². The van der Waals surface area contributed by atoms with Gasteiger partial charge in [-0.05, 0) is 41.5 Å². The summed E-state index contributed by atoms with van der Waals surface area (Å²) in [7, 11) is -3.37. The summed E-state index contributed by atoms with van der Waals surface area (Å²) in [6.45, 7) is 0. The third kappa shape index (κ3) is 4.75. The average molecular weight is 484 g/mol. The van der Waals surface area contributed by atoms with Crippen molar-refractivity contribution in [3.63, 3.8) is 0 Å². The van der Waals surface area contributed by atoms with Crippen molar-refractivity contribution in [2.24, 2.45) is 0 Å². The van der Waals surface area contributed by atoms with Gasteiger partial charge in [0.2, 0.25) is 0 Å². The van der Waals surface area contributed by atoms with E-state index in [2.05, 4.69) is 0 Å². The first-order valence-corrected chi connectivity index (χ1v) is 11.4. The van der Waals surface area contributed by atoms with E-state index < -0.39 is 33.2 Å². The minimum Gasteiger partial charge on any atom is -1.00 e. The number of thiophene rings is 1. The molecular formula is C21H15FKNO5S2. The number of hydrogen-bond acceptors (Lipinski definition) is 6. The standard InChI is InChI=1S/C21H14FNO5S2.K.H/c1-30(27,28)14-8-4-11(5-9-14)15-10-16(17-18(24)21(26)23-20(17)25)29-19(15)12-2-6-13(22)7-3-12;;/h2-10H,1H3,(H2,23,24,25,26);;/q;+1;-1. The maximum atomic E-state index is 13.4. The molecule has 0 fully saturated rings.